The summed E-state index contributed by atoms with van der Waals surface area (Å²) in [7, 11) is 1.55. The summed E-state index contributed by atoms with van der Waals surface area (Å²) in [4.78, 5) is 25.0. The molecule has 0 saturated heterocycles. The topological polar surface area (TPSA) is 87.9 Å². The van der Waals surface area contributed by atoms with Crippen LogP contribution < -0.4 is 11.2 Å². The molecule has 1 atom stereocenters. The summed E-state index contributed by atoms with van der Waals surface area (Å²) < 4.78 is 6.39. The van der Waals surface area contributed by atoms with Crippen molar-refractivity contribution in [2.24, 2.45) is 0 Å². The highest BCUT2D eigenvalue weighted by molar-refractivity contribution is 5.21. The number of rotatable bonds is 5. The van der Waals surface area contributed by atoms with Crippen molar-refractivity contribution in [2.75, 3.05) is 13.7 Å². The lowest BCUT2D eigenvalue weighted by molar-refractivity contribution is 0.148. The molecule has 92 valence electrons. The third-order valence-electron chi connectivity index (χ3n) is 2.46. The number of aromatic amines is 1. The van der Waals surface area contributed by atoms with Gasteiger partial charge in [-0.1, -0.05) is 13.3 Å². The number of methoxy groups -OCH3 is 1. The Morgan fingerprint density at radius 2 is 2.29 bits per heavy atom. The maximum atomic E-state index is 11.6. The molecule has 1 rings (SSSR count). The standard InChI is InChI=1S/C11H15N3O3/c1-3-4-9(7-17-2)14-6-8(5-12)10(15)13-11(14)16/h6,9H,3-4,7H2,1-2H3,(H,13,15,16). The predicted molar refractivity (Wildman–Crippen MR) is 61.9 cm³/mol. The SMILES string of the molecule is CCCC(COC)n1cc(C#N)c(=O)[nH]c1=O. The minimum Gasteiger partial charge on any atom is -0.383 e. The van der Waals surface area contributed by atoms with Gasteiger partial charge in [0.2, 0.25) is 0 Å². The van der Waals surface area contributed by atoms with Gasteiger partial charge in [0.1, 0.15) is 11.6 Å². The van der Waals surface area contributed by atoms with Crippen LogP contribution in [0.25, 0.3) is 0 Å². The minimum absolute atomic E-state index is 0.0678. The molecule has 1 aromatic heterocycles. The van der Waals surface area contributed by atoms with Crippen LogP contribution >= 0.6 is 0 Å². The first kappa shape index (κ1) is 13.2. The molecule has 0 saturated carbocycles. The van der Waals surface area contributed by atoms with Crippen molar-refractivity contribution in [3.8, 4) is 6.07 Å². The van der Waals surface area contributed by atoms with E-state index in [1.807, 2.05) is 6.92 Å². The van der Waals surface area contributed by atoms with Crippen molar-refractivity contribution in [3.63, 3.8) is 0 Å². The van der Waals surface area contributed by atoms with Crippen LogP contribution in [0.15, 0.2) is 15.8 Å². The number of nitriles is 1. The van der Waals surface area contributed by atoms with E-state index in [0.29, 0.717) is 6.61 Å². The molecule has 1 heterocycles. The van der Waals surface area contributed by atoms with Gasteiger partial charge in [-0.05, 0) is 6.42 Å². The second kappa shape index (κ2) is 6.01. The molecule has 0 aromatic carbocycles. The van der Waals surface area contributed by atoms with E-state index in [1.54, 1.807) is 13.2 Å². The number of H-pyrrole nitrogens is 1. The smallest absolute Gasteiger partial charge is 0.328 e. The van der Waals surface area contributed by atoms with Crippen LogP contribution in [0, 0.1) is 11.3 Å². The zero-order valence-electron chi connectivity index (χ0n) is 9.90. The molecule has 0 amide bonds. The summed E-state index contributed by atoms with van der Waals surface area (Å²) >= 11 is 0. The second-order valence-corrected chi connectivity index (χ2v) is 3.72. The molecule has 0 spiro atoms. The van der Waals surface area contributed by atoms with Crippen molar-refractivity contribution < 1.29 is 4.74 Å². The Morgan fingerprint density at radius 1 is 1.59 bits per heavy atom. The van der Waals surface area contributed by atoms with E-state index in [9.17, 15) is 9.59 Å². The first-order chi connectivity index (χ1) is 8.13. The average Bonchev–Trinajstić information content (AvgIpc) is 2.29. The van der Waals surface area contributed by atoms with Gasteiger partial charge >= 0.3 is 5.69 Å². The zero-order valence-corrected chi connectivity index (χ0v) is 9.90. The lowest BCUT2D eigenvalue weighted by atomic mass is 10.1. The molecule has 17 heavy (non-hydrogen) atoms. The van der Waals surface area contributed by atoms with E-state index < -0.39 is 11.2 Å². The number of ether oxygens (including phenoxy) is 1. The Bertz CT molecular complexity index is 518. The monoisotopic (exact) mass is 237 g/mol. The number of hydrogen-bond donors (Lipinski definition) is 1. The van der Waals surface area contributed by atoms with Gasteiger partial charge in [0.15, 0.2) is 0 Å². The molecule has 0 radical (unpaired) electrons. The van der Waals surface area contributed by atoms with Gasteiger partial charge in [0, 0.05) is 13.3 Å². The number of nitrogens with one attached hydrogen (secondary N) is 1. The normalized spacial score (nSPS) is 12.1. The summed E-state index contributed by atoms with van der Waals surface area (Å²) in [5.41, 5.74) is -1.23. The highest BCUT2D eigenvalue weighted by Gasteiger charge is 2.13. The number of aromatic nitrogens is 2. The van der Waals surface area contributed by atoms with E-state index in [1.165, 1.54) is 10.8 Å². The van der Waals surface area contributed by atoms with Crippen LogP contribution in [0.2, 0.25) is 0 Å². The van der Waals surface area contributed by atoms with Gasteiger partial charge in [-0.3, -0.25) is 14.3 Å². The van der Waals surface area contributed by atoms with Gasteiger partial charge < -0.3 is 4.74 Å². The van der Waals surface area contributed by atoms with Crippen LogP contribution in [0.3, 0.4) is 0 Å². The van der Waals surface area contributed by atoms with Crippen LogP contribution in [0.1, 0.15) is 31.4 Å². The molecule has 0 aliphatic heterocycles. The fourth-order valence-corrected chi connectivity index (χ4v) is 1.66. The fraction of sp³-hybridized carbons (Fsp3) is 0.545. The Hall–Kier alpha value is -1.87. The molecule has 0 bridgehead atoms. The van der Waals surface area contributed by atoms with Crippen molar-refractivity contribution in [3.05, 3.63) is 32.6 Å². The average molecular weight is 237 g/mol. The minimum atomic E-state index is -0.651. The van der Waals surface area contributed by atoms with Gasteiger partial charge in [0.25, 0.3) is 5.56 Å². The fourth-order valence-electron chi connectivity index (χ4n) is 1.66. The Kier molecular flexibility index (Phi) is 4.67. The lowest BCUT2D eigenvalue weighted by Gasteiger charge is -2.17. The zero-order chi connectivity index (χ0) is 12.8. The molecular formula is C11H15N3O3. The van der Waals surface area contributed by atoms with E-state index in [2.05, 4.69) is 4.98 Å². The van der Waals surface area contributed by atoms with E-state index in [4.69, 9.17) is 10.00 Å². The third-order valence-corrected chi connectivity index (χ3v) is 2.46. The second-order valence-electron chi connectivity index (χ2n) is 3.72. The first-order valence-electron chi connectivity index (χ1n) is 5.38. The Labute approximate surface area is 98.5 Å². The summed E-state index contributed by atoms with van der Waals surface area (Å²) in [6.45, 7) is 2.36. The largest absolute Gasteiger partial charge is 0.383 e. The summed E-state index contributed by atoms with van der Waals surface area (Å²) in [6, 6.07) is 1.59. The van der Waals surface area contributed by atoms with Gasteiger partial charge in [-0.15, -0.1) is 0 Å². The first-order valence-corrected chi connectivity index (χ1v) is 5.38. The van der Waals surface area contributed by atoms with E-state index in [-0.39, 0.29) is 11.6 Å². The summed E-state index contributed by atoms with van der Waals surface area (Å²) in [5.74, 6) is 0. The molecule has 0 aliphatic rings. The summed E-state index contributed by atoms with van der Waals surface area (Å²) in [5, 5.41) is 8.76. The molecule has 0 fully saturated rings. The van der Waals surface area contributed by atoms with E-state index >= 15 is 0 Å². The number of hydrogen-bond acceptors (Lipinski definition) is 4. The molecule has 1 unspecified atom stereocenters. The van der Waals surface area contributed by atoms with Crippen molar-refractivity contribution in [1.82, 2.24) is 9.55 Å². The maximum Gasteiger partial charge on any atom is 0.328 e. The van der Waals surface area contributed by atoms with E-state index in [0.717, 1.165) is 12.8 Å². The quantitative estimate of drug-likeness (QED) is 0.802. The highest BCUT2D eigenvalue weighted by Crippen LogP contribution is 2.11. The lowest BCUT2D eigenvalue weighted by Crippen LogP contribution is -2.34. The van der Waals surface area contributed by atoms with Crippen molar-refractivity contribution in [2.45, 2.75) is 25.8 Å². The maximum absolute atomic E-state index is 11.6. The van der Waals surface area contributed by atoms with Crippen LogP contribution in [-0.4, -0.2) is 23.3 Å². The third kappa shape index (κ3) is 3.04. The Balaban J connectivity index is 3.23. The van der Waals surface area contributed by atoms with Gasteiger partial charge in [-0.25, -0.2) is 4.79 Å². The predicted octanol–water partition coefficient (Wildman–Crippen LogP) is 0.396. The van der Waals surface area contributed by atoms with Crippen LogP contribution in [0.5, 0.6) is 0 Å². The molecule has 0 aliphatic carbocycles. The number of nitrogens with zero attached hydrogens (tertiary/aromatic N) is 2. The highest BCUT2D eigenvalue weighted by atomic mass is 16.5. The molecule has 1 N–H and O–H groups in total. The Morgan fingerprint density at radius 3 is 2.82 bits per heavy atom. The summed E-state index contributed by atoms with van der Waals surface area (Å²) in [6.07, 6.45) is 2.91. The molecule has 6 heteroatoms. The molecule has 6 nitrogen and oxygen atoms in total. The van der Waals surface area contributed by atoms with Crippen molar-refractivity contribution >= 4 is 0 Å². The molecular weight excluding hydrogens is 222 g/mol. The molecule has 1 aromatic rings. The van der Waals surface area contributed by atoms with Gasteiger partial charge in [-0.2, -0.15) is 5.26 Å². The van der Waals surface area contributed by atoms with Crippen LogP contribution in [-0.2, 0) is 4.74 Å². The van der Waals surface area contributed by atoms with Crippen LogP contribution in [0.4, 0.5) is 0 Å². The van der Waals surface area contributed by atoms with Crippen molar-refractivity contribution in [1.29, 1.82) is 5.26 Å². The van der Waals surface area contributed by atoms with Gasteiger partial charge in [0.05, 0.1) is 12.6 Å².